The monoisotopic (exact) mass is 352 g/mol. The van der Waals surface area contributed by atoms with Gasteiger partial charge in [-0.2, -0.15) is 0 Å². The molecule has 2 rings (SSSR count). The Morgan fingerprint density at radius 2 is 1.91 bits per heavy atom. The van der Waals surface area contributed by atoms with Crippen molar-refractivity contribution in [3.8, 4) is 5.75 Å². The highest BCUT2D eigenvalue weighted by Crippen LogP contribution is 2.28. The molecule has 5 heteroatoms. The topological polar surface area (TPSA) is 35.5 Å². The maximum atomic E-state index is 11.5. The second kappa shape index (κ2) is 8.23. The molecule has 0 radical (unpaired) electrons. The molecule has 0 unspecified atom stereocenters. The van der Waals surface area contributed by atoms with Crippen molar-refractivity contribution in [1.82, 2.24) is 0 Å². The number of halogens is 2. The van der Waals surface area contributed by atoms with Crippen LogP contribution in [-0.4, -0.2) is 13.1 Å². The smallest absolute Gasteiger partial charge is 0.309 e. The summed E-state index contributed by atoms with van der Waals surface area (Å²) in [5.41, 5.74) is 2.69. The zero-order chi connectivity index (χ0) is 16.8. The highest BCUT2D eigenvalue weighted by Gasteiger charge is 2.13. The molecule has 2 aromatic rings. The van der Waals surface area contributed by atoms with Crippen molar-refractivity contribution in [2.75, 3.05) is 7.11 Å². The molecule has 0 heterocycles. The summed E-state index contributed by atoms with van der Waals surface area (Å²) in [5.74, 6) is 0.270. The van der Waals surface area contributed by atoms with Crippen LogP contribution in [0.4, 0.5) is 0 Å². The van der Waals surface area contributed by atoms with E-state index in [4.69, 9.17) is 32.7 Å². The average molecular weight is 353 g/mol. The predicted molar refractivity (Wildman–Crippen MR) is 92.3 cm³/mol. The lowest BCUT2D eigenvalue weighted by Gasteiger charge is -2.13. The van der Waals surface area contributed by atoms with Crippen molar-refractivity contribution in [2.24, 2.45) is 0 Å². The maximum Gasteiger partial charge on any atom is 0.309 e. The SMILES string of the molecule is CCc1ccc(OCc2c(Cl)cccc2CC(=O)OC)c(Cl)c1. The number of carbonyl (C=O) groups is 1. The Morgan fingerprint density at radius 3 is 2.57 bits per heavy atom. The van der Waals surface area contributed by atoms with Crippen LogP contribution >= 0.6 is 23.2 Å². The van der Waals surface area contributed by atoms with Crippen molar-refractivity contribution >= 4 is 29.2 Å². The van der Waals surface area contributed by atoms with E-state index < -0.39 is 0 Å². The van der Waals surface area contributed by atoms with Crippen LogP contribution in [0.15, 0.2) is 36.4 Å². The Labute approximate surface area is 146 Å². The van der Waals surface area contributed by atoms with Crippen LogP contribution in [-0.2, 0) is 29.0 Å². The minimum absolute atomic E-state index is 0.151. The molecule has 0 aromatic heterocycles. The van der Waals surface area contributed by atoms with Gasteiger partial charge in [-0.1, -0.05) is 48.3 Å². The number of hydrogen-bond donors (Lipinski definition) is 0. The van der Waals surface area contributed by atoms with Gasteiger partial charge in [-0.25, -0.2) is 0 Å². The fourth-order valence-electron chi connectivity index (χ4n) is 2.19. The second-order valence-corrected chi connectivity index (χ2v) is 5.85. The van der Waals surface area contributed by atoms with E-state index in [9.17, 15) is 4.79 Å². The van der Waals surface area contributed by atoms with Gasteiger partial charge in [-0.3, -0.25) is 4.79 Å². The molecule has 2 aromatic carbocycles. The van der Waals surface area contributed by atoms with Gasteiger partial charge in [0.25, 0.3) is 0 Å². The van der Waals surface area contributed by atoms with Gasteiger partial charge in [0.05, 0.1) is 18.6 Å². The summed E-state index contributed by atoms with van der Waals surface area (Å²) in [4.78, 5) is 11.5. The van der Waals surface area contributed by atoms with Crippen LogP contribution in [0.3, 0.4) is 0 Å². The van der Waals surface area contributed by atoms with E-state index in [0.29, 0.717) is 15.8 Å². The molecule has 0 saturated carbocycles. The Hall–Kier alpha value is -1.71. The third-order valence-electron chi connectivity index (χ3n) is 3.55. The first-order valence-corrected chi connectivity index (χ1v) is 8.05. The van der Waals surface area contributed by atoms with E-state index in [1.807, 2.05) is 24.3 Å². The fourth-order valence-corrected chi connectivity index (χ4v) is 2.70. The Morgan fingerprint density at radius 1 is 1.13 bits per heavy atom. The van der Waals surface area contributed by atoms with Crippen LogP contribution in [0.5, 0.6) is 5.75 Å². The van der Waals surface area contributed by atoms with Crippen LogP contribution in [0.2, 0.25) is 10.0 Å². The van der Waals surface area contributed by atoms with E-state index in [0.717, 1.165) is 23.1 Å². The summed E-state index contributed by atoms with van der Waals surface area (Å²) in [7, 11) is 1.36. The van der Waals surface area contributed by atoms with E-state index in [1.54, 1.807) is 12.1 Å². The molecule has 23 heavy (non-hydrogen) atoms. The summed E-state index contributed by atoms with van der Waals surface area (Å²) in [5, 5.41) is 1.11. The number of ether oxygens (including phenoxy) is 2. The van der Waals surface area contributed by atoms with E-state index in [-0.39, 0.29) is 19.0 Å². The fraction of sp³-hybridized carbons (Fsp3) is 0.278. The van der Waals surface area contributed by atoms with Gasteiger partial charge in [-0.05, 0) is 35.7 Å². The molecule has 0 atom stereocenters. The number of rotatable bonds is 6. The Balaban J connectivity index is 2.18. The number of benzene rings is 2. The zero-order valence-electron chi connectivity index (χ0n) is 13.1. The number of hydrogen-bond acceptors (Lipinski definition) is 3. The van der Waals surface area contributed by atoms with Crippen molar-refractivity contribution in [1.29, 1.82) is 0 Å². The lowest BCUT2D eigenvalue weighted by Crippen LogP contribution is -2.09. The van der Waals surface area contributed by atoms with Gasteiger partial charge in [0.1, 0.15) is 12.4 Å². The van der Waals surface area contributed by atoms with E-state index in [1.165, 1.54) is 7.11 Å². The molecule has 0 N–H and O–H groups in total. The summed E-state index contributed by atoms with van der Waals surface area (Å²) in [6.45, 7) is 2.30. The van der Waals surface area contributed by atoms with Crippen molar-refractivity contribution < 1.29 is 14.3 Å². The molecule has 0 aliphatic rings. The summed E-state index contributed by atoms with van der Waals surface area (Å²) in [6, 6.07) is 11.1. The van der Waals surface area contributed by atoms with Gasteiger partial charge < -0.3 is 9.47 Å². The number of carbonyl (C=O) groups excluding carboxylic acids is 1. The molecule has 0 aliphatic heterocycles. The number of aryl methyl sites for hydroxylation is 1. The molecule has 0 spiro atoms. The third kappa shape index (κ3) is 4.63. The van der Waals surface area contributed by atoms with Gasteiger partial charge in [-0.15, -0.1) is 0 Å². The quantitative estimate of drug-likeness (QED) is 0.697. The predicted octanol–water partition coefficient (Wildman–Crippen LogP) is 4.85. The van der Waals surface area contributed by atoms with Crippen molar-refractivity contribution in [3.05, 3.63) is 63.1 Å². The highest BCUT2D eigenvalue weighted by molar-refractivity contribution is 6.32. The van der Waals surface area contributed by atoms with Crippen LogP contribution < -0.4 is 4.74 Å². The summed E-state index contributed by atoms with van der Waals surface area (Å²) < 4.78 is 10.5. The molecule has 0 aliphatic carbocycles. The third-order valence-corrected chi connectivity index (χ3v) is 4.20. The lowest BCUT2D eigenvalue weighted by molar-refractivity contribution is -0.139. The van der Waals surface area contributed by atoms with Gasteiger partial charge >= 0.3 is 5.97 Å². The van der Waals surface area contributed by atoms with Crippen LogP contribution in [0.1, 0.15) is 23.6 Å². The highest BCUT2D eigenvalue weighted by atomic mass is 35.5. The van der Waals surface area contributed by atoms with Crippen molar-refractivity contribution in [2.45, 2.75) is 26.4 Å². The zero-order valence-corrected chi connectivity index (χ0v) is 14.6. The summed E-state index contributed by atoms with van der Waals surface area (Å²) in [6.07, 6.45) is 1.06. The molecule has 0 saturated heterocycles. The largest absolute Gasteiger partial charge is 0.487 e. The molecule has 3 nitrogen and oxygen atoms in total. The van der Waals surface area contributed by atoms with Gasteiger partial charge in [0, 0.05) is 10.6 Å². The lowest BCUT2D eigenvalue weighted by atomic mass is 10.1. The van der Waals surface area contributed by atoms with Gasteiger partial charge in [0.15, 0.2) is 0 Å². The van der Waals surface area contributed by atoms with Crippen LogP contribution in [0, 0.1) is 0 Å². The minimum Gasteiger partial charge on any atom is -0.487 e. The molecule has 0 amide bonds. The minimum atomic E-state index is -0.321. The molecule has 122 valence electrons. The first-order chi connectivity index (χ1) is 11.0. The standard InChI is InChI=1S/C18H18Cl2O3/c1-3-12-7-8-17(16(20)9-12)23-11-14-13(10-18(21)22-2)5-4-6-15(14)19/h4-9H,3,10-11H2,1-2H3. The van der Waals surface area contributed by atoms with Crippen LogP contribution in [0.25, 0.3) is 0 Å². The summed E-state index contributed by atoms with van der Waals surface area (Å²) >= 11 is 12.5. The van der Waals surface area contributed by atoms with Crippen molar-refractivity contribution in [3.63, 3.8) is 0 Å². The molecular formula is C18H18Cl2O3. The van der Waals surface area contributed by atoms with E-state index in [2.05, 4.69) is 6.92 Å². The molecular weight excluding hydrogens is 335 g/mol. The average Bonchev–Trinajstić information content (AvgIpc) is 2.55. The molecule has 0 bridgehead atoms. The Kier molecular flexibility index (Phi) is 6.31. The second-order valence-electron chi connectivity index (χ2n) is 5.04. The maximum absolute atomic E-state index is 11.5. The molecule has 0 fully saturated rings. The first kappa shape index (κ1) is 17.6. The Bertz CT molecular complexity index is 699. The van der Waals surface area contributed by atoms with Gasteiger partial charge in [0.2, 0.25) is 0 Å². The number of esters is 1. The normalized spacial score (nSPS) is 10.4. The van der Waals surface area contributed by atoms with E-state index >= 15 is 0 Å². The number of methoxy groups -OCH3 is 1. The first-order valence-electron chi connectivity index (χ1n) is 7.29.